The SMILES string of the molecule is CCOC(=O)c1coc(NC(C)c2ccc(F)cc2)n1. The number of rotatable bonds is 5. The molecule has 0 aliphatic rings. The van der Waals surface area contributed by atoms with Crippen molar-refractivity contribution in [3.8, 4) is 0 Å². The molecule has 6 heteroatoms. The highest BCUT2D eigenvalue weighted by Gasteiger charge is 2.15. The van der Waals surface area contributed by atoms with E-state index in [2.05, 4.69) is 10.3 Å². The summed E-state index contributed by atoms with van der Waals surface area (Å²) in [6.07, 6.45) is 1.23. The summed E-state index contributed by atoms with van der Waals surface area (Å²) in [5.74, 6) is -0.819. The van der Waals surface area contributed by atoms with Gasteiger partial charge in [0, 0.05) is 0 Å². The van der Waals surface area contributed by atoms with Crippen LogP contribution in [0.25, 0.3) is 0 Å². The Hall–Kier alpha value is -2.37. The summed E-state index contributed by atoms with van der Waals surface area (Å²) in [5, 5.41) is 2.99. The van der Waals surface area contributed by atoms with Crippen molar-refractivity contribution >= 4 is 12.0 Å². The van der Waals surface area contributed by atoms with E-state index >= 15 is 0 Å². The first-order valence-electron chi connectivity index (χ1n) is 6.24. The summed E-state index contributed by atoms with van der Waals surface area (Å²) >= 11 is 0. The van der Waals surface area contributed by atoms with Crippen LogP contribution in [0.3, 0.4) is 0 Å². The molecule has 0 aliphatic heterocycles. The maximum Gasteiger partial charge on any atom is 0.360 e. The summed E-state index contributed by atoms with van der Waals surface area (Å²) in [4.78, 5) is 15.4. The van der Waals surface area contributed by atoms with Crippen LogP contribution in [0.4, 0.5) is 10.4 Å². The first-order valence-corrected chi connectivity index (χ1v) is 6.24. The van der Waals surface area contributed by atoms with Crippen molar-refractivity contribution in [2.24, 2.45) is 0 Å². The topological polar surface area (TPSA) is 64.4 Å². The lowest BCUT2D eigenvalue weighted by Gasteiger charge is -2.12. The molecule has 2 rings (SSSR count). The lowest BCUT2D eigenvalue weighted by molar-refractivity contribution is 0.0519. The molecule has 5 nitrogen and oxygen atoms in total. The highest BCUT2D eigenvalue weighted by molar-refractivity contribution is 5.87. The van der Waals surface area contributed by atoms with Crippen LogP contribution in [-0.2, 0) is 4.74 Å². The Morgan fingerprint density at radius 1 is 1.45 bits per heavy atom. The highest BCUT2D eigenvalue weighted by Crippen LogP contribution is 2.19. The van der Waals surface area contributed by atoms with Gasteiger partial charge in [-0.05, 0) is 31.5 Å². The fourth-order valence-corrected chi connectivity index (χ4v) is 1.66. The summed E-state index contributed by atoms with van der Waals surface area (Å²) in [7, 11) is 0. The van der Waals surface area contributed by atoms with Crippen LogP contribution in [0.15, 0.2) is 34.9 Å². The van der Waals surface area contributed by atoms with E-state index in [0.717, 1.165) is 5.56 Å². The number of carbonyl (C=O) groups is 1. The second-order valence-electron chi connectivity index (χ2n) is 4.18. The third kappa shape index (κ3) is 3.34. The number of oxazole rings is 1. The summed E-state index contributed by atoms with van der Waals surface area (Å²) in [6, 6.07) is 6.18. The zero-order valence-electron chi connectivity index (χ0n) is 11.2. The number of hydrogen-bond acceptors (Lipinski definition) is 5. The van der Waals surface area contributed by atoms with Gasteiger partial charge in [0.15, 0.2) is 5.69 Å². The predicted molar refractivity (Wildman–Crippen MR) is 70.9 cm³/mol. The summed E-state index contributed by atoms with van der Waals surface area (Å²) in [5.41, 5.74) is 0.989. The maximum atomic E-state index is 12.8. The largest absolute Gasteiger partial charge is 0.461 e. The van der Waals surface area contributed by atoms with E-state index in [4.69, 9.17) is 9.15 Å². The lowest BCUT2D eigenvalue weighted by Crippen LogP contribution is -2.08. The number of hydrogen-bond donors (Lipinski definition) is 1. The molecule has 0 radical (unpaired) electrons. The van der Waals surface area contributed by atoms with Crippen molar-refractivity contribution in [3.63, 3.8) is 0 Å². The molecule has 0 saturated heterocycles. The van der Waals surface area contributed by atoms with E-state index in [1.54, 1.807) is 19.1 Å². The zero-order chi connectivity index (χ0) is 14.5. The van der Waals surface area contributed by atoms with Crippen LogP contribution in [0, 0.1) is 5.82 Å². The quantitative estimate of drug-likeness (QED) is 0.851. The monoisotopic (exact) mass is 278 g/mol. The van der Waals surface area contributed by atoms with Crippen molar-refractivity contribution in [2.45, 2.75) is 19.9 Å². The fraction of sp³-hybridized carbons (Fsp3) is 0.286. The van der Waals surface area contributed by atoms with Crippen LogP contribution in [0.1, 0.15) is 35.9 Å². The van der Waals surface area contributed by atoms with Crippen LogP contribution < -0.4 is 5.32 Å². The molecule has 1 aromatic carbocycles. The molecule has 0 aliphatic carbocycles. The minimum absolute atomic E-state index is 0.112. The number of nitrogens with one attached hydrogen (secondary N) is 1. The van der Waals surface area contributed by atoms with Crippen LogP contribution in [-0.4, -0.2) is 17.6 Å². The van der Waals surface area contributed by atoms with Crippen LogP contribution >= 0.6 is 0 Å². The average Bonchev–Trinajstić information content (AvgIpc) is 2.88. The molecule has 1 N–H and O–H groups in total. The molecule has 1 unspecified atom stereocenters. The van der Waals surface area contributed by atoms with Crippen molar-refractivity contribution in [1.29, 1.82) is 0 Å². The van der Waals surface area contributed by atoms with Gasteiger partial charge < -0.3 is 14.5 Å². The number of anilines is 1. The number of aromatic nitrogens is 1. The second-order valence-corrected chi connectivity index (χ2v) is 4.18. The molecule has 0 bridgehead atoms. The second kappa shape index (κ2) is 6.18. The standard InChI is InChI=1S/C14H15FN2O3/c1-3-19-13(18)12-8-20-14(17-12)16-9(2)10-4-6-11(15)7-5-10/h4-9H,3H2,1-2H3,(H,16,17). The Balaban J connectivity index is 2.03. The Morgan fingerprint density at radius 2 is 2.15 bits per heavy atom. The summed E-state index contributed by atoms with van der Waals surface area (Å²) < 4.78 is 22.8. The van der Waals surface area contributed by atoms with Crippen molar-refractivity contribution < 1.29 is 18.3 Å². The molecule has 0 saturated carbocycles. The molecule has 0 fully saturated rings. The molecule has 2 aromatic rings. The van der Waals surface area contributed by atoms with Gasteiger partial charge in [-0.25, -0.2) is 9.18 Å². The molecule has 1 atom stereocenters. The van der Waals surface area contributed by atoms with Gasteiger partial charge in [-0.15, -0.1) is 0 Å². The molecule has 106 valence electrons. The number of ether oxygens (including phenoxy) is 1. The van der Waals surface area contributed by atoms with Gasteiger partial charge in [-0.1, -0.05) is 12.1 Å². The van der Waals surface area contributed by atoms with Crippen LogP contribution in [0.5, 0.6) is 0 Å². The lowest BCUT2D eigenvalue weighted by atomic mass is 10.1. The van der Waals surface area contributed by atoms with Gasteiger partial charge in [0.1, 0.15) is 12.1 Å². The first kappa shape index (κ1) is 14.0. The van der Waals surface area contributed by atoms with Gasteiger partial charge in [0.05, 0.1) is 12.6 Å². The Bertz CT molecular complexity index is 580. The molecule has 0 spiro atoms. The molecule has 1 aromatic heterocycles. The Morgan fingerprint density at radius 3 is 2.80 bits per heavy atom. The number of esters is 1. The Kier molecular flexibility index (Phi) is 4.34. The zero-order valence-corrected chi connectivity index (χ0v) is 11.2. The molecule has 0 amide bonds. The third-order valence-corrected chi connectivity index (χ3v) is 2.70. The molecular weight excluding hydrogens is 263 g/mol. The average molecular weight is 278 g/mol. The van der Waals surface area contributed by atoms with E-state index in [0.29, 0.717) is 0 Å². The summed E-state index contributed by atoms with van der Waals surface area (Å²) in [6.45, 7) is 3.87. The third-order valence-electron chi connectivity index (χ3n) is 2.70. The highest BCUT2D eigenvalue weighted by atomic mass is 19.1. The Labute approximate surface area is 115 Å². The van der Waals surface area contributed by atoms with Gasteiger partial charge in [-0.2, -0.15) is 4.98 Å². The van der Waals surface area contributed by atoms with Crippen molar-refractivity contribution in [1.82, 2.24) is 4.98 Å². The molecule has 1 heterocycles. The number of carbonyl (C=O) groups excluding carboxylic acids is 1. The van der Waals surface area contributed by atoms with Gasteiger partial charge in [0.25, 0.3) is 6.01 Å². The minimum Gasteiger partial charge on any atom is -0.461 e. The first-order chi connectivity index (χ1) is 9.60. The molecular formula is C14H15FN2O3. The van der Waals surface area contributed by atoms with E-state index in [1.807, 2.05) is 6.92 Å². The molecule has 20 heavy (non-hydrogen) atoms. The van der Waals surface area contributed by atoms with Crippen molar-refractivity contribution in [2.75, 3.05) is 11.9 Å². The fourth-order valence-electron chi connectivity index (χ4n) is 1.66. The number of halogens is 1. The minimum atomic E-state index is -0.529. The van der Waals surface area contributed by atoms with Gasteiger partial charge in [0.2, 0.25) is 0 Å². The smallest absolute Gasteiger partial charge is 0.360 e. The number of nitrogens with zero attached hydrogens (tertiary/aromatic N) is 1. The van der Waals surface area contributed by atoms with Crippen LogP contribution in [0.2, 0.25) is 0 Å². The van der Waals surface area contributed by atoms with E-state index < -0.39 is 5.97 Å². The van der Waals surface area contributed by atoms with E-state index in [1.165, 1.54) is 18.4 Å². The van der Waals surface area contributed by atoms with Gasteiger partial charge in [-0.3, -0.25) is 0 Å². The van der Waals surface area contributed by atoms with E-state index in [-0.39, 0.29) is 30.2 Å². The van der Waals surface area contributed by atoms with Crippen molar-refractivity contribution in [3.05, 3.63) is 47.6 Å². The predicted octanol–water partition coefficient (Wildman–Crippen LogP) is 3.16. The number of benzene rings is 1. The normalized spacial score (nSPS) is 11.9. The van der Waals surface area contributed by atoms with Gasteiger partial charge >= 0.3 is 5.97 Å². The maximum absolute atomic E-state index is 12.8. The van der Waals surface area contributed by atoms with E-state index in [9.17, 15) is 9.18 Å².